The number of unbranched alkanes of at least 4 members (excludes halogenated alkanes) is 6. The van der Waals surface area contributed by atoms with Crippen LogP contribution in [0.1, 0.15) is 119 Å². The van der Waals surface area contributed by atoms with Crippen LogP contribution in [0, 0.1) is 0 Å². The van der Waals surface area contributed by atoms with E-state index in [2.05, 4.69) is 46.9 Å². The van der Waals surface area contributed by atoms with Crippen LogP contribution in [0.4, 0.5) is 0 Å². The van der Waals surface area contributed by atoms with Gasteiger partial charge >= 0.3 is 184 Å². The first kappa shape index (κ1) is 33.5. The Hall–Kier alpha value is 1.48. The molecule has 0 bridgehead atoms. The first-order valence-electron chi connectivity index (χ1n) is 14.6. The summed E-state index contributed by atoms with van der Waals surface area (Å²) in [5.74, 6) is 0. The topological polar surface area (TPSA) is 30.5 Å². The van der Waals surface area contributed by atoms with Crippen LogP contribution in [-0.2, 0) is 6.15 Å². The Morgan fingerprint density at radius 2 is 0.875 bits per heavy atom. The van der Waals surface area contributed by atoms with Crippen molar-refractivity contribution in [3.63, 3.8) is 0 Å². The summed E-state index contributed by atoms with van der Waals surface area (Å²) < 4.78 is 21.9. The fourth-order valence-electron chi connectivity index (χ4n) is 4.87. The Morgan fingerprint density at radius 3 is 1.03 bits per heavy atom. The number of hydrogen-bond donors (Lipinski definition) is 1. The molecule has 0 atom stereocenters. The van der Waals surface area contributed by atoms with Crippen molar-refractivity contribution in [3.8, 4) is 0 Å². The summed E-state index contributed by atoms with van der Waals surface area (Å²) in [5.41, 5.74) is 0. The van der Waals surface area contributed by atoms with Gasteiger partial charge in [0, 0.05) is 6.54 Å². The molecule has 0 aliphatic carbocycles. The van der Waals surface area contributed by atoms with Crippen molar-refractivity contribution in [2.24, 2.45) is 0 Å². The van der Waals surface area contributed by atoms with Crippen molar-refractivity contribution in [3.05, 3.63) is 0 Å². The van der Waals surface area contributed by atoms with Gasteiger partial charge in [0.1, 0.15) is 0 Å². The van der Waals surface area contributed by atoms with Gasteiger partial charge in [0.05, 0.1) is 13.3 Å². The SMILES string of the molecule is C1COCN1.CCC[CH2][Sn]([CH2]CCC)([CH2]CCC)[O][Sn]([CH2]CCC)([CH2]CCC)[CH2]CCC. The van der Waals surface area contributed by atoms with Gasteiger partial charge < -0.3 is 4.74 Å². The monoisotopic (exact) mass is 671 g/mol. The molecule has 194 valence electrons. The number of rotatable bonds is 20. The first-order chi connectivity index (χ1) is 15.6. The standard InChI is InChI=1S/6C4H9.C3H7NO.O.2Sn/c6*1-3-4-2;1-2-5-3-4-1;;;/h6*1,3-4H2,2H3;4H,1-3H2;;;. The molecule has 1 fully saturated rings. The number of hydrogen-bond acceptors (Lipinski definition) is 3. The van der Waals surface area contributed by atoms with Crippen molar-refractivity contribution in [2.45, 2.75) is 145 Å². The van der Waals surface area contributed by atoms with Gasteiger partial charge in [0.15, 0.2) is 0 Å². The fraction of sp³-hybridized carbons (Fsp3) is 1.00. The molecule has 32 heavy (non-hydrogen) atoms. The average molecular weight is 669 g/mol. The van der Waals surface area contributed by atoms with Gasteiger partial charge in [0.2, 0.25) is 0 Å². The van der Waals surface area contributed by atoms with Crippen LogP contribution in [0.25, 0.3) is 0 Å². The van der Waals surface area contributed by atoms with Crippen molar-refractivity contribution in [2.75, 3.05) is 19.9 Å². The Kier molecular flexibility index (Phi) is 24.0. The van der Waals surface area contributed by atoms with Crippen molar-refractivity contribution in [1.82, 2.24) is 5.32 Å². The first-order valence-corrected chi connectivity index (χ1v) is 29.0. The predicted molar refractivity (Wildman–Crippen MR) is 150 cm³/mol. The summed E-state index contributed by atoms with van der Waals surface area (Å²) in [6.07, 6.45) is 16.8. The molecule has 0 radical (unpaired) electrons. The predicted octanol–water partition coefficient (Wildman–Crippen LogP) is 9.26. The quantitative estimate of drug-likeness (QED) is 0.131. The minimum absolute atomic E-state index is 0.750. The summed E-state index contributed by atoms with van der Waals surface area (Å²) >= 11 is -4.92. The second kappa shape index (κ2) is 22.9. The average Bonchev–Trinajstić information content (AvgIpc) is 3.41. The van der Waals surface area contributed by atoms with Gasteiger partial charge in [-0.05, 0) is 0 Å². The van der Waals surface area contributed by atoms with E-state index >= 15 is 0 Å². The molecule has 0 spiro atoms. The third-order valence-electron chi connectivity index (χ3n) is 6.98. The van der Waals surface area contributed by atoms with Crippen molar-refractivity contribution in [1.29, 1.82) is 0 Å². The number of ether oxygens (including phenoxy) is 1. The van der Waals surface area contributed by atoms with Gasteiger partial charge in [-0.1, -0.05) is 0 Å². The molecule has 0 amide bonds. The van der Waals surface area contributed by atoms with E-state index in [1.807, 2.05) is 0 Å². The maximum atomic E-state index is 7.86. The summed E-state index contributed by atoms with van der Waals surface area (Å²) in [4.78, 5) is 0. The maximum absolute atomic E-state index is 7.86. The molecular formula is C27H61NO2Sn2. The molecule has 0 unspecified atom stereocenters. The van der Waals surface area contributed by atoms with Crippen molar-refractivity contribution >= 4 is 37.6 Å². The zero-order valence-electron chi connectivity index (χ0n) is 23.2. The molecule has 1 saturated heterocycles. The molecule has 3 nitrogen and oxygen atoms in total. The molecule has 5 heteroatoms. The Labute approximate surface area is 212 Å². The molecule has 0 saturated carbocycles. The summed E-state index contributed by atoms with van der Waals surface area (Å²) in [6.45, 7) is 17.0. The van der Waals surface area contributed by atoms with E-state index in [1.54, 1.807) is 0 Å². The summed E-state index contributed by atoms with van der Waals surface area (Å²) in [5, 5.41) is 3.00. The van der Waals surface area contributed by atoms with Crippen LogP contribution in [0.3, 0.4) is 0 Å². The van der Waals surface area contributed by atoms with Crippen LogP contribution in [0.2, 0.25) is 26.6 Å². The second-order valence-electron chi connectivity index (χ2n) is 10.1. The van der Waals surface area contributed by atoms with E-state index in [4.69, 9.17) is 6.15 Å². The Bertz CT molecular complexity index is 311. The second-order valence-corrected chi connectivity index (χ2v) is 36.7. The van der Waals surface area contributed by atoms with Gasteiger partial charge in [-0.15, -0.1) is 0 Å². The van der Waals surface area contributed by atoms with E-state index in [0.717, 1.165) is 19.9 Å². The van der Waals surface area contributed by atoms with Crippen molar-refractivity contribution < 1.29 is 6.15 Å². The van der Waals surface area contributed by atoms with E-state index in [-0.39, 0.29) is 0 Å². The summed E-state index contributed by atoms with van der Waals surface area (Å²) in [7, 11) is 0. The van der Waals surface area contributed by atoms with Gasteiger partial charge in [-0.3, -0.25) is 5.32 Å². The normalized spacial score (nSPS) is 14.4. The van der Waals surface area contributed by atoms with E-state index in [0.29, 0.717) is 0 Å². The molecular weight excluding hydrogens is 608 g/mol. The van der Waals surface area contributed by atoms with Crippen LogP contribution < -0.4 is 5.32 Å². The third-order valence-corrected chi connectivity index (χ3v) is 47.7. The minimum atomic E-state index is -2.46. The molecule has 1 aliphatic rings. The molecule has 0 aromatic carbocycles. The molecule has 0 aromatic heterocycles. The number of nitrogens with one attached hydrogen (secondary N) is 1. The van der Waals surface area contributed by atoms with Crippen LogP contribution in [0.15, 0.2) is 0 Å². The molecule has 1 aliphatic heterocycles. The third kappa shape index (κ3) is 16.2. The van der Waals surface area contributed by atoms with Crippen LogP contribution in [-0.4, -0.2) is 57.5 Å². The molecule has 0 aromatic rings. The van der Waals surface area contributed by atoms with E-state index in [9.17, 15) is 0 Å². The van der Waals surface area contributed by atoms with Gasteiger partial charge in [0.25, 0.3) is 0 Å². The van der Waals surface area contributed by atoms with Gasteiger partial charge in [-0.2, -0.15) is 0 Å². The van der Waals surface area contributed by atoms with E-state index in [1.165, 1.54) is 104 Å². The van der Waals surface area contributed by atoms with E-state index < -0.39 is 37.6 Å². The zero-order valence-corrected chi connectivity index (χ0v) is 28.9. The molecule has 1 heterocycles. The van der Waals surface area contributed by atoms with Gasteiger partial charge in [-0.25, -0.2) is 0 Å². The summed E-state index contributed by atoms with van der Waals surface area (Å²) in [6, 6.07) is 0. The van der Waals surface area contributed by atoms with Crippen LogP contribution in [0.5, 0.6) is 0 Å². The zero-order chi connectivity index (χ0) is 24.0. The fourth-order valence-corrected chi connectivity index (χ4v) is 59.9. The van der Waals surface area contributed by atoms with Crippen LogP contribution >= 0.6 is 0 Å². The molecule has 1 N–H and O–H groups in total. The Balaban J connectivity index is 0.00000167. The molecule has 1 rings (SSSR count). The Morgan fingerprint density at radius 1 is 0.562 bits per heavy atom.